The van der Waals surface area contributed by atoms with Crippen molar-refractivity contribution in [3.63, 3.8) is 0 Å². The summed E-state index contributed by atoms with van der Waals surface area (Å²) in [5, 5.41) is 0. The Labute approximate surface area is 222 Å². The molecule has 0 aromatic carbocycles. The molecule has 15 heteroatoms. The van der Waals surface area contributed by atoms with Crippen LogP contribution in [0, 0.1) is 0 Å². The molecular weight excluding hydrogens is 523 g/mol. The molecule has 0 aromatic rings. The van der Waals surface area contributed by atoms with E-state index in [2.05, 4.69) is 14.7 Å². The number of nitrogens with zero attached hydrogens (tertiary/aromatic N) is 3. The van der Waals surface area contributed by atoms with Gasteiger partial charge in [0, 0.05) is 102 Å². The first-order valence-corrected chi connectivity index (χ1v) is 18.2. The molecule has 216 valence electrons. The maximum absolute atomic E-state index is 5.59. The van der Waals surface area contributed by atoms with Crippen molar-refractivity contribution in [2.24, 2.45) is 0 Å². The summed E-state index contributed by atoms with van der Waals surface area (Å²) in [6.07, 6.45) is 2.80. The highest BCUT2D eigenvalue weighted by molar-refractivity contribution is 6.61. The molecule has 0 amide bonds. The Balaban J connectivity index is 2.75. The third-order valence-corrected chi connectivity index (χ3v) is 15.4. The Morgan fingerprint density at radius 3 is 0.750 bits per heavy atom. The fourth-order valence-corrected chi connectivity index (χ4v) is 9.74. The van der Waals surface area contributed by atoms with Gasteiger partial charge in [-0.2, -0.15) is 0 Å². The molecule has 36 heavy (non-hydrogen) atoms. The van der Waals surface area contributed by atoms with Crippen molar-refractivity contribution in [1.29, 1.82) is 0 Å². The molecule has 0 aromatic heterocycles. The molecule has 12 nitrogen and oxygen atoms in total. The Kier molecular flexibility index (Phi) is 16.8. The molecule has 0 spiro atoms. The Hall–Kier alpha value is 0.171. The van der Waals surface area contributed by atoms with E-state index in [9.17, 15) is 0 Å². The zero-order valence-electron chi connectivity index (χ0n) is 24.0. The van der Waals surface area contributed by atoms with Crippen molar-refractivity contribution < 1.29 is 39.8 Å². The van der Waals surface area contributed by atoms with Crippen molar-refractivity contribution >= 4 is 26.4 Å². The zero-order chi connectivity index (χ0) is 27.1. The van der Waals surface area contributed by atoms with Gasteiger partial charge in [0.2, 0.25) is 0 Å². The van der Waals surface area contributed by atoms with Gasteiger partial charge in [0.1, 0.15) is 0 Å². The third-order valence-electron chi connectivity index (χ3n) is 6.87. The molecule has 1 fully saturated rings. The quantitative estimate of drug-likeness (QED) is 0.187. The third kappa shape index (κ3) is 10.4. The highest BCUT2D eigenvalue weighted by Crippen LogP contribution is 2.20. The Bertz CT molecular complexity index is 467. The molecule has 1 rings (SSSR count). The summed E-state index contributed by atoms with van der Waals surface area (Å²) < 4.78 is 50.3. The number of hydrogen-bond donors (Lipinski definition) is 0. The summed E-state index contributed by atoms with van der Waals surface area (Å²) >= 11 is 0. The predicted molar refractivity (Wildman–Crippen MR) is 143 cm³/mol. The molecule has 0 radical (unpaired) electrons. The Morgan fingerprint density at radius 2 is 0.583 bits per heavy atom. The van der Waals surface area contributed by atoms with Gasteiger partial charge in [0.05, 0.1) is 20.0 Å². The highest BCUT2D eigenvalue weighted by Gasteiger charge is 2.39. The minimum atomic E-state index is -2.57. The van der Waals surface area contributed by atoms with Crippen molar-refractivity contribution in [2.75, 3.05) is 104 Å². The normalized spacial score (nSPS) is 17.2. The van der Waals surface area contributed by atoms with Crippen LogP contribution in [0.4, 0.5) is 0 Å². The van der Waals surface area contributed by atoms with E-state index in [1.165, 1.54) is 0 Å². The Morgan fingerprint density at radius 1 is 0.389 bits per heavy atom. The summed E-state index contributed by atoms with van der Waals surface area (Å²) in [6, 6.07) is 2.33. The van der Waals surface area contributed by atoms with Gasteiger partial charge in [0.15, 0.2) is 0 Å². The predicted octanol–water partition coefficient (Wildman–Crippen LogP) is 1.58. The van der Waals surface area contributed by atoms with Crippen molar-refractivity contribution in [2.45, 2.75) is 37.4 Å². The molecule has 1 aliphatic rings. The second-order valence-corrected chi connectivity index (χ2v) is 18.1. The summed E-state index contributed by atoms with van der Waals surface area (Å²) in [7, 11) is 7.25. The lowest BCUT2D eigenvalue weighted by Crippen LogP contribution is -2.56. The van der Waals surface area contributed by atoms with Crippen LogP contribution in [0.25, 0.3) is 0 Å². The summed E-state index contributed by atoms with van der Waals surface area (Å²) in [5.74, 6) is 0. The van der Waals surface area contributed by atoms with Gasteiger partial charge in [-0.25, -0.2) is 0 Å². The largest absolute Gasteiger partial charge is 0.500 e. The van der Waals surface area contributed by atoms with Crippen LogP contribution >= 0.6 is 0 Å². The van der Waals surface area contributed by atoms with E-state index in [0.29, 0.717) is 0 Å². The van der Waals surface area contributed by atoms with E-state index in [1.807, 2.05) is 0 Å². The SMILES string of the molecule is CO[Si](CCCN1CN(CCC[Si](OC)(OC)OC)CN(CCC[Si](OC)(OC)OC)C1)(OC)OC. The summed E-state index contributed by atoms with van der Waals surface area (Å²) in [5.41, 5.74) is 0. The molecule has 0 aliphatic carbocycles. The van der Waals surface area contributed by atoms with E-state index in [-0.39, 0.29) is 0 Å². The van der Waals surface area contributed by atoms with Gasteiger partial charge in [-0.3, -0.25) is 14.7 Å². The fraction of sp³-hybridized carbons (Fsp3) is 1.00. The van der Waals surface area contributed by atoms with Gasteiger partial charge < -0.3 is 39.8 Å². The maximum Gasteiger partial charge on any atom is 0.500 e. The van der Waals surface area contributed by atoms with Gasteiger partial charge in [-0.1, -0.05) is 0 Å². The first-order chi connectivity index (χ1) is 17.3. The van der Waals surface area contributed by atoms with E-state index >= 15 is 0 Å². The molecular formula is C21H51N3O9Si3. The molecule has 0 N–H and O–H groups in total. The molecule has 0 bridgehead atoms. The van der Waals surface area contributed by atoms with Crippen LogP contribution in [0.3, 0.4) is 0 Å². The molecule has 0 unspecified atom stereocenters. The second-order valence-electron chi connectivity index (χ2n) is 8.80. The van der Waals surface area contributed by atoms with Gasteiger partial charge in [0.25, 0.3) is 0 Å². The van der Waals surface area contributed by atoms with Crippen LogP contribution in [0.1, 0.15) is 19.3 Å². The summed E-state index contributed by atoms with van der Waals surface area (Å²) in [6.45, 7) is 5.47. The number of hydrogen-bond acceptors (Lipinski definition) is 12. The highest BCUT2D eigenvalue weighted by atomic mass is 28.4. The standard InChI is InChI=1S/C21H51N3O9Si3/c1-25-34(26-2,27-3)16-10-13-22-19-23(14-11-17-35(28-4,29-5)30-6)21-24(20-22)15-12-18-36(31-7,32-8)33-9/h10-21H2,1-9H3. The molecule has 1 saturated heterocycles. The van der Waals surface area contributed by atoms with Gasteiger partial charge in [-0.15, -0.1) is 0 Å². The molecule has 0 atom stereocenters. The van der Waals surface area contributed by atoms with Crippen LogP contribution in [0.15, 0.2) is 0 Å². The molecule has 0 saturated carbocycles. The smallest absolute Gasteiger partial charge is 0.377 e. The van der Waals surface area contributed by atoms with E-state index in [1.54, 1.807) is 64.0 Å². The van der Waals surface area contributed by atoms with Crippen LogP contribution in [0.5, 0.6) is 0 Å². The first-order valence-electron chi connectivity index (χ1n) is 12.4. The van der Waals surface area contributed by atoms with E-state index in [4.69, 9.17) is 39.8 Å². The van der Waals surface area contributed by atoms with Gasteiger partial charge >= 0.3 is 26.4 Å². The monoisotopic (exact) mass is 573 g/mol. The topological polar surface area (TPSA) is 92.8 Å². The first kappa shape index (κ1) is 34.2. The van der Waals surface area contributed by atoms with E-state index < -0.39 is 26.4 Å². The van der Waals surface area contributed by atoms with Crippen LogP contribution < -0.4 is 0 Å². The lowest BCUT2D eigenvalue weighted by atomic mass is 10.3. The minimum Gasteiger partial charge on any atom is -0.377 e. The molecule has 1 aliphatic heterocycles. The van der Waals surface area contributed by atoms with Crippen molar-refractivity contribution in [1.82, 2.24) is 14.7 Å². The van der Waals surface area contributed by atoms with Gasteiger partial charge in [-0.05, 0) is 19.3 Å². The average Bonchev–Trinajstić information content (AvgIpc) is 2.92. The summed E-state index contributed by atoms with van der Waals surface area (Å²) in [4.78, 5) is 7.39. The van der Waals surface area contributed by atoms with Crippen LogP contribution in [-0.4, -0.2) is 145 Å². The van der Waals surface area contributed by atoms with Crippen molar-refractivity contribution in [3.05, 3.63) is 0 Å². The lowest BCUT2D eigenvalue weighted by molar-refractivity contribution is -0.0304. The van der Waals surface area contributed by atoms with E-state index in [0.717, 1.165) is 77.0 Å². The number of rotatable bonds is 21. The second kappa shape index (κ2) is 17.7. The molecule has 1 heterocycles. The fourth-order valence-electron chi connectivity index (χ4n) is 4.63. The minimum absolute atomic E-state index is 0.778. The maximum atomic E-state index is 5.59. The lowest BCUT2D eigenvalue weighted by Gasteiger charge is -2.43. The van der Waals surface area contributed by atoms with Crippen LogP contribution in [-0.2, 0) is 39.8 Å². The van der Waals surface area contributed by atoms with Crippen molar-refractivity contribution in [3.8, 4) is 0 Å². The van der Waals surface area contributed by atoms with Crippen LogP contribution in [0.2, 0.25) is 18.1 Å². The zero-order valence-corrected chi connectivity index (χ0v) is 27.0. The average molecular weight is 574 g/mol.